The van der Waals surface area contributed by atoms with Crippen LogP contribution in [0.4, 0.5) is 0 Å². The summed E-state index contributed by atoms with van der Waals surface area (Å²) in [6.45, 7) is 0.569. The normalized spacial score (nSPS) is 17.6. The molecular formula is C15H20ClNO2S. The molecule has 0 radical (unpaired) electrons. The Balaban J connectivity index is 1.93. The van der Waals surface area contributed by atoms with E-state index in [9.17, 15) is 4.79 Å². The van der Waals surface area contributed by atoms with Crippen LogP contribution in [0.25, 0.3) is 0 Å². The first-order valence-electron chi connectivity index (χ1n) is 6.72. The summed E-state index contributed by atoms with van der Waals surface area (Å²) in [4.78, 5) is 11.4. The fourth-order valence-electron chi connectivity index (χ4n) is 2.21. The third-order valence-corrected chi connectivity index (χ3v) is 5.61. The van der Waals surface area contributed by atoms with Crippen molar-refractivity contribution in [3.63, 3.8) is 0 Å². The van der Waals surface area contributed by atoms with Gasteiger partial charge in [0.25, 0.3) is 0 Å². The van der Waals surface area contributed by atoms with Crippen molar-refractivity contribution in [2.24, 2.45) is 11.1 Å². The lowest BCUT2D eigenvalue weighted by molar-refractivity contribution is -0.141. The van der Waals surface area contributed by atoms with E-state index in [1.807, 2.05) is 30.0 Å². The lowest BCUT2D eigenvalue weighted by Gasteiger charge is -2.19. The highest BCUT2D eigenvalue weighted by Gasteiger charge is 2.44. The monoisotopic (exact) mass is 313 g/mol. The van der Waals surface area contributed by atoms with E-state index in [1.165, 1.54) is 7.11 Å². The van der Waals surface area contributed by atoms with Crippen molar-refractivity contribution in [1.82, 2.24) is 0 Å². The fraction of sp³-hybridized carbons (Fsp3) is 0.533. The predicted molar refractivity (Wildman–Crippen MR) is 84.0 cm³/mol. The zero-order chi connectivity index (χ0) is 14.6. The quantitative estimate of drug-likeness (QED) is 0.784. The molecule has 2 rings (SSSR count). The van der Waals surface area contributed by atoms with Crippen molar-refractivity contribution in [3.8, 4) is 0 Å². The van der Waals surface area contributed by atoms with E-state index in [0.29, 0.717) is 13.0 Å². The summed E-state index contributed by atoms with van der Waals surface area (Å²) in [5.41, 5.74) is 7.16. The van der Waals surface area contributed by atoms with Gasteiger partial charge in [0.05, 0.1) is 13.5 Å². The molecule has 1 saturated carbocycles. The standard InChI is InChI=1S/C15H20ClNO2S/c1-19-14(18)8-15(5-6-15)10-20-13(9-17)11-3-2-4-12(16)7-11/h2-4,7,13H,5-6,8-10,17H2,1H3. The molecular weight excluding hydrogens is 294 g/mol. The van der Waals surface area contributed by atoms with E-state index < -0.39 is 0 Å². The van der Waals surface area contributed by atoms with Gasteiger partial charge in [-0.15, -0.1) is 0 Å². The first-order chi connectivity index (χ1) is 9.58. The average molecular weight is 314 g/mol. The van der Waals surface area contributed by atoms with Crippen LogP contribution in [-0.4, -0.2) is 25.4 Å². The summed E-state index contributed by atoms with van der Waals surface area (Å²) in [6, 6.07) is 7.83. The third kappa shape index (κ3) is 4.14. The van der Waals surface area contributed by atoms with Crippen LogP contribution in [0.5, 0.6) is 0 Å². The number of carbonyl (C=O) groups is 1. The van der Waals surface area contributed by atoms with Crippen LogP contribution >= 0.6 is 23.4 Å². The van der Waals surface area contributed by atoms with Gasteiger partial charge in [0.15, 0.2) is 0 Å². The molecule has 1 aliphatic rings. The average Bonchev–Trinajstić information content (AvgIpc) is 3.19. The summed E-state index contributed by atoms with van der Waals surface area (Å²) in [6.07, 6.45) is 2.72. The van der Waals surface area contributed by atoms with Gasteiger partial charge in [-0.05, 0) is 36.0 Å². The van der Waals surface area contributed by atoms with Crippen molar-refractivity contribution < 1.29 is 9.53 Å². The van der Waals surface area contributed by atoms with Gasteiger partial charge in [0.2, 0.25) is 0 Å². The summed E-state index contributed by atoms with van der Waals surface area (Å²) in [5, 5.41) is 0.959. The second kappa shape index (κ2) is 6.83. The van der Waals surface area contributed by atoms with Crippen molar-refractivity contribution in [1.29, 1.82) is 0 Å². The molecule has 1 unspecified atom stereocenters. The van der Waals surface area contributed by atoms with Crippen molar-refractivity contribution in [2.75, 3.05) is 19.4 Å². The van der Waals surface area contributed by atoms with E-state index >= 15 is 0 Å². The Morgan fingerprint density at radius 1 is 1.55 bits per heavy atom. The molecule has 1 aromatic carbocycles. The van der Waals surface area contributed by atoms with Crippen LogP contribution in [-0.2, 0) is 9.53 Å². The van der Waals surface area contributed by atoms with Crippen LogP contribution < -0.4 is 5.73 Å². The lowest BCUT2D eigenvalue weighted by Crippen LogP contribution is -2.16. The van der Waals surface area contributed by atoms with Gasteiger partial charge in [0, 0.05) is 22.6 Å². The van der Waals surface area contributed by atoms with Gasteiger partial charge in [-0.25, -0.2) is 0 Å². The van der Waals surface area contributed by atoms with Crippen molar-refractivity contribution >= 4 is 29.3 Å². The number of halogens is 1. The highest BCUT2D eigenvalue weighted by Crippen LogP contribution is 2.52. The molecule has 3 nitrogen and oxygen atoms in total. The maximum absolute atomic E-state index is 11.4. The number of rotatable bonds is 7. The van der Waals surface area contributed by atoms with Crippen molar-refractivity contribution in [3.05, 3.63) is 34.9 Å². The Morgan fingerprint density at radius 3 is 2.85 bits per heavy atom. The fourth-order valence-corrected chi connectivity index (χ4v) is 3.83. The molecule has 0 saturated heterocycles. The number of methoxy groups -OCH3 is 1. The molecule has 1 atom stereocenters. The topological polar surface area (TPSA) is 52.3 Å². The number of hydrogen-bond acceptors (Lipinski definition) is 4. The Labute approximate surface area is 129 Å². The van der Waals surface area contributed by atoms with Gasteiger partial charge < -0.3 is 10.5 Å². The maximum atomic E-state index is 11.4. The molecule has 20 heavy (non-hydrogen) atoms. The van der Waals surface area contributed by atoms with Crippen LogP contribution in [0, 0.1) is 5.41 Å². The van der Waals surface area contributed by atoms with Crippen LogP contribution in [0.3, 0.4) is 0 Å². The van der Waals surface area contributed by atoms with E-state index in [0.717, 1.165) is 29.2 Å². The van der Waals surface area contributed by atoms with Crippen LogP contribution in [0.1, 0.15) is 30.1 Å². The predicted octanol–water partition coefficient (Wildman–Crippen LogP) is 3.42. The molecule has 2 N–H and O–H groups in total. The number of thioether (sulfide) groups is 1. The van der Waals surface area contributed by atoms with Gasteiger partial charge >= 0.3 is 5.97 Å². The lowest BCUT2D eigenvalue weighted by atomic mass is 10.1. The van der Waals surface area contributed by atoms with Gasteiger partial charge in [-0.2, -0.15) is 11.8 Å². The van der Waals surface area contributed by atoms with E-state index in [-0.39, 0.29) is 16.6 Å². The zero-order valence-corrected chi connectivity index (χ0v) is 13.2. The number of ether oxygens (including phenoxy) is 1. The second-order valence-electron chi connectivity index (χ2n) is 5.34. The van der Waals surface area contributed by atoms with E-state index in [1.54, 1.807) is 0 Å². The molecule has 1 aromatic rings. The minimum Gasteiger partial charge on any atom is -0.469 e. The smallest absolute Gasteiger partial charge is 0.306 e. The maximum Gasteiger partial charge on any atom is 0.306 e. The third-order valence-electron chi connectivity index (χ3n) is 3.73. The molecule has 1 aliphatic carbocycles. The first-order valence-corrected chi connectivity index (χ1v) is 8.15. The van der Waals surface area contributed by atoms with Gasteiger partial charge in [-0.3, -0.25) is 4.79 Å². The summed E-state index contributed by atoms with van der Waals surface area (Å²) < 4.78 is 4.77. The molecule has 5 heteroatoms. The van der Waals surface area contributed by atoms with Gasteiger partial charge in [-0.1, -0.05) is 23.7 Å². The Morgan fingerprint density at radius 2 is 2.30 bits per heavy atom. The second-order valence-corrected chi connectivity index (χ2v) is 6.97. The molecule has 1 fully saturated rings. The van der Waals surface area contributed by atoms with E-state index in [4.69, 9.17) is 22.1 Å². The highest BCUT2D eigenvalue weighted by molar-refractivity contribution is 7.99. The van der Waals surface area contributed by atoms with Gasteiger partial charge in [0.1, 0.15) is 0 Å². The largest absolute Gasteiger partial charge is 0.469 e. The van der Waals surface area contributed by atoms with Crippen LogP contribution in [0.2, 0.25) is 5.02 Å². The number of nitrogens with two attached hydrogens (primary N) is 1. The Kier molecular flexibility index (Phi) is 5.35. The molecule has 0 bridgehead atoms. The van der Waals surface area contributed by atoms with E-state index in [2.05, 4.69) is 6.07 Å². The SMILES string of the molecule is COC(=O)CC1(CSC(CN)c2cccc(Cl)c2)CC1. The highest BCUT2D eigenvalue weighted by atomic mass is 35.5. The molecule has 0 amide bonds. The van der Waals surface area contributed by atoms with Crippen LogP contribution in [0.15, 0.2) is 24.3 Å². The number of hydrogen-bond donors (Lipinski definition) is 1. The molecule has 0 heterocycles. The summed E-state index contributed by atoms with van der Waals surface area (Å²) in [7, 11) is 1.44. The molecule has 0 aliphatic heterocycles. The van der Waals surface area contributed by atoms with Crippen molar-refractivity contribution in [2.45, 2.75) is 24.5 Å². The minimum atomic E-state index is -0.116. The zero-order valence-electron chi connectivity index (χ0n) is 11.6. The number of esters is 1. The Hall–Kier alpha value is -0.710. The summed E-state index contributed by atoms with van der Waals surface area (Å²) in [5.74, 6) is 0.825. The summed E-state index contributed by atoms with van der Waals surface area (Å²) >= 11 is 7.84. The molecule has 110 valence electrons. The first kappa shape index (κ1) is 15.7. The minimum absolute atomic E-state index is 0.116. The Bertz CT molecular complexity index is 477. The molecule has 0 aromatic heterocycles. The number of benzene rings is 1. The number of carbonyl (C=O) groups excluding carboxylic acids is 1. The molecule has 0 spiro atoms.